The van der Waals surface area contributed by atoms with Gasteiger partial charge in [0.1, 0.15) is 6.04 Å². The number of rotatable bonds is 7. The van der Waals surface area contributed by atoms with Crippen molar-refractivity contribution in [2.45, 2.75) is 19.2 Å². The molecule has 0 saturated carbocycles. The van der Waals surface area contributed by atoms with Gasteiger partial charge >= 0.3 is 5.82 Å². The van der Waals surface area contributed by atoms with Crippen molar-refractivity contribution in [1.82, 2.24) is 15.4 Å². The van der Waals surface area contributed by atoms with E-state index in [4.69, 9.17) is 10.5 Å². The lowest BCUT2D eigenvalue weighted by Crippen LogP contribution is -2.40. The summed E-state index contributed by atoms with van der Waals surface area (Å²) in [5.74, 6) is 0.550. The van der Waals surface area contributed by atoms with Crippen molar-refractivity contribution in [3.8, 4) is 0 Å². The molecule has 0 fully saturated rings. The summed E-state index contributed by atoms with van der Waals surface area (Å²) >= 11 is 0. The van der Waals surface area contributed by atoms with Crippen LogP contribution < -0.4 is 10.5 Å². The summed E-state index contributed by atoms with van der Waals surface area (Å²) < 4.78 is 5.64. The van der Waals surface area contributed by atoms with Gasteiger partial charge < -0.3 is 10.5 Å². The van der Waals surface area contributed by atoms with Gasteiger partial charge in [-0.15, -0.1) is 0 Å². The summed E-state index contributed by atoms with van der Waals surface area (Å²) in [6.45, 7) is 1.53. The molecule has 0 unspecified atom stereocenters. The number of benzene rings is 2. The van der Waals surface area contributed by atoms with Crippen LogP contribution in [0.15, 0.2) is 60.7 Å². The first-order chi connectivity index (χ1) is 11.3. The lowest BCUT2D eigenvalue weighted by Gasteiger charge is -2.06. The molecular formula is C17H20N5O+. The average Bonchev–Trinajstić information content (AvgIpc) is 3.05. The van der Waals surface area contributed by atoms with Gasteiger partial charge in [-0.1, -0.05) is 65.5 Å². The summed E-state index contributed by atoms with van der Waals surface area (Å²) in [6.07, 6.45) is 0. The van der Waals surface area contributed by atoms with E-state index in [0.29, 0.717) is 25.6 Å². The molecule has 1 aromatic heterocycles. The van der Waals surface area contributed by atoms with Crippen LogP contribution in [0.4, 0.5) is 0 Å². The molecule has 0 bridgehead atoms. The number of aromatic amines is 1. The van der Waals surface area contributed by atoms with Gasteiger partial charge in [-0.05, 0) is 21.4 Å². The number of hydrogen-bond donors (Lipinski definition) is 2. The molecule has 1 atom stereocenters. The van der Waals surface area contributed by atoms with Gasteiger partial charge in [0.15, 0.2) is 6.54 Å². The van der Waals surface area contributed by atoms with Crippen LogP contribution in [0.25, 0.3) is 0 Å². The minimum absolute atomic E-state index is 0.355. The summed E-state index contributed by atoms with van der Waals surface area (Å²) in [6, 6.07) is 19.7. The Kier molecular flexibility index (Phi) is 5.08. The lowest BCUT2D eigenvalue weighted by atomic mass is 10.2. The predicted molar refractivity (Wildman–Crippen MR) is 85.1 cm³/mol. The second kappa shape index (κ2) is 7.62. The van der Waals surface area contributed by atoms with Crippen LogP contribution in [-0.2, 0) is 17.9 Å². The van der Waals surface area contributed by atoms with Crippen LogP contribution in [0.3, 0.4) is 0 Å². The van der Waals surface area contributed by atoms with Crippen molar-refractivity contribution < 1.29 is 9.53 Å². The highest BCUT2D eigenvalue weighted by Gasteiger charge is 2.20. The first kappa shape index (κ1) is 15.3. The highest BCUT2D eigenvalue weighted by molar-refractivity contribution is 5.13. The average molecular weight is 310 g/mol. The highest BCUT2D eigenvalue weighted by atomic mass is 16.5. The molecule has 3 rings (SSSR count). The number of nitrogens with two attached hydrogens (primary N) is 1. The van der Waals surface area contributed by atoms with E-state index in [-0.39, 0.29) is 6.04 Å². The Bertz CT molecular complexity index is 714. The predicted octanol–water partition coefficient (Wildman–Crippen LogP) is 1.36. The van der Waals surface area contributed by atoms with Crippen LogP contribution in [0, 0.1) is 0 Å². The maximum absolute atomic E-state index is 6.08. The molecule has 0 saturated heterocycles. The van der Waals surface area contributed by atoms with E-state index in [9.17, 15) is 0 Å². The van der Waals surface area contributed by atoms with Gasteiger partial charge in [0, 0.05) is 0 Å². The summed E-state index contributed by atoms with van der Waals surface area (Å²) in [4.78, 5) is 1.67. The molecule has 6 heteroatoms. The first-order valence-electron chi connectivity index (χ1n) is 7.55. The van der Waals surface area contributed by atoms with Crippen molar-refractivity contribution in [3.63, 3.8) is 0 Å². The Morgan fingerprint density at radius 3 is 2.35 bits per heavy atom. The van der Waals surface area contributed by atoms with Crippen molar-refractivity contribution in [2.75, 3.05) is 6.61 Å². The van der Waals surface area contributed by atoms with Crippen LogP contribution in [-0.4, -0.2) is 22.0 Å². The zero-order chi connectivity index (χ0) is 15.9. The Morgan fingerprint density at radius 2 is 1.65 bits per heavy atom. The molecule has 6 nitrogen and oxygen atoms in total. The zero-order valence-corrected chi connectivity index (χ0v) is 12.8. The first-order valence-corrected chi connectivity index (χ1v) is 7.55. The number of tetrazole rings is 1. The Balaban J connectivity index is 1.51. The zero-order valence-electron chi connectivity index (χ0n) is 12.8. The number of hydrogen-bond acceptors (Lipinski definition) is 4. The number of nitrogens with one attached hydrogen (secondary N) is 1. The summed E-state index contributed by atoms with van der Waals surface area (Å²) in [5, 5.41) is 11.4. The third-order valence-electron chi connectivity index (χ3n) is 3.42. The molecule has 0 amide bonds. The Morgan fingerprint density at radius 1 is 1.00 bits per heavy atom. The number of aromatic nitrogens is 4. The van der Waals surface area contributed by atoms with Crippen LogP contribution in [0.5, 0.6) is 0 Å². The maximum Gasteiger partial charge on any atom is 0.327 e. The SMILES string of the molecule is N[C@H](COCc1ccccc1)c1n[nH][n+](Cc2ccccc2)n1. The van der Waals surface area contributed by atoms with Gasteiger partial charge in [0.2, 0.25) is 0 Å². The van der Waals surface area contributed by atoms with E-state index in [0.717, 1.165) is 11.1 Å². The molecule has 2 aromatic carbocycles. The lowest BCUT2D eigenvalue weighted by molar-refractivity contribution is -0.798. The monoisotopic (exact) mass is 310 g/mol. The summed E-state index contributed by atoms with van der Waals surface area (Å²) in [5.41, 5.74) is 8.35. The maximum atomic E-state index is 6.08. The minimum Gasteiger partial charge on any atom is -0.375 e. The molecule has 0 aliphatic heterocycles. The fourth-order valence-electron chi connectivity index (χ4n) is 2.21. The second-order valence-electron chi connectivity index (χ2n) is 5.32. The molecule has 0 spiro atoms. The van der Waals surface area contributed by atoms with Gasteiger partial charge in [0.05, 0.1) is 18.3 Å². The fourth-order valence-corrected chi connectivity index (χ4v) is 2.21. The molecule has 1 heterocycles. The molecule has 3 N–H and O–H groups in total. The van der Waals surface area contributed by atoms with E-state index < -0.39 is 0 Å². The van der Waals surface area contributed by atoms with Gasteiger partial charge in [-0.3, -0.25) is 0 Å². The minimum atomic E-state index is -0.355. The fraction of sp³-hybridized carbons (Fsp3) is 0.235. The number of nitrogens with zero attached hydrogens (tertiary/aromatic N) is 3. The van der Waals surface area contributed by atoms with Crippen molar-refractivity contribution in [2.24, 2.45) is 5.73 Å². The van der Waals surface area contributed by atoms with E-state index >= 15 is 0 Å². The molecule has 23 heavy (non-hydrogen) atoms. The van der Waals surface area contributed by atoms with E-state index in [2.05, 4.69) is 15.4 Å². The smallest absolute Gasteiger partial charge is 0.327 e. The molecule has 0 aliphatic carbocycles. The van der Waals surface area contributed by atoms with E-state index in [1.165, 1.54) is 0 Å². The van der Waals surface area contributed by atoms with Crippen LogP contribution in [0.1, 0.15) is 23.0 Å². The number of H-pyrrole nitrogens is 1. The summed E-state index contributed by atoms with van der Waals surface area (Å²) in [7, 11) is 0. The third kappa shape index (κ3) is 4.45. The van der Waals surface area contributed by atoms with Crippen LogP contribution in [0.2, 0.25) is 0 Å². The Hall–Kier alpha value is -2.57. The van der Waals surface area contributed by atoms with E-state index in [1.54, 1.807) is 4.80 Å². The molecule has 0 aliphatic rings. The van der Waals surface area contributed by atoms with Crippen LogP contribution >= 0.6 is 0 Å². The van der Waals surface area contributed by atoms with Gasteiger partial charge in [-0.25, -0.2) is 0 Å². The topological polar surface area (TPSA) is 80.7 Å². The quantitative estimate of drug-likeness (QED) is 0.646. The normalized spacial score (nSPS) is 12.2. The van der Waals surface area contributed by atoms with Crippen molar-refractivity contribution >= 4 is 0 Å². The van der Waals surface area contributed by atoms with E-state index in [1.807, 2.05) is 60.7 Å². The van der Waals surface area contributed by atoms with Gasteiger partial charge in [0.25, 0.3) is 0 Å². The molecule has 0 radical (unpaired) electrons. The van der Waals surface area contributed by atoms with Gasteiger partial charge in [-0.2, -0.15) is 0 Å². The highest BCUT2D eigenvalue weighted by Crippen LogP contribution is 2.05. The molecular weight excluding hydrogens is 290 g/mol. The standard InChI is InChI=1S/C17H19N5O/c18-16(13-23-12-15-9-5-2-6-10-15)17-19-21-22(20-17)11-14-7-3-1-4-8-14/h1-10,16H,11-13,18H2/p+1/t16-/m1/s1. The number of ether oxygens (including phenoxy) is 1. The molecule has 3 aromatic rings. The Labute approximate surface area is 134 Å². The molecule has 118 valence electrons. The van der Waals surface area contributed by atoms with Crippen molar-refractivity contribution in [3.05, 3.63) is 77.6 Å². The van der Waals surface area contributed by atoms with Crippen molar-refractivity contribution in [1.29, 1.82) is 0 Å². The second-order valence-corrected chi connectivity index (χ2v) is 5.32. The third-order valence-corrected chi connectivity index (χ3v) is 3.42. The largest absolute Gasteiger partial charge is 0.375 e.